The number of rotatable bonds is 6. The highest BCUT2D eigenvalue weighted by Crippen LogP contribution is 2.10. The van der Waals surface area contributed by atoms with Crippen LogP contribution in [0.25, 0.3) is 0 Å². The number of hydrogen-bond donors (Lipinski definition) is 3. The summed E-state index contributed by atoms with van der Waals surface area (Å²) in [4.78, 5) is 6.61. The number of guanidine groups is 1. The molecule has 19 heavy (non-hydrogen) atoms. The van der Waals surface area contributed by atoms with Crippen LogP contribution in [0.1, 0.15) is 20.3 Å². The first-order chi connectivity index (χ1) is 9.13. The van der Waals surface area contributed by atoms with Crippen molar-refractivity contribution in [2.24, 2.45) is 10.8 Å². The summed E-state index contributed by atoms with van der Waals surface area (Å²) in [6.45, 7) is 5.82. The van der Waals surface area contributed by atoms with Gasteiger partial charge in [0, 0.05) is 31.9 Å². The molecule has 5 nitrogen and oxygen atoms in total. The molecule has 1 aromatic carbocycles. The Balaban J connectivity index is 2.32. The van der Waals surface area contributed by atoms with Crippen LogP contribution in [0, 0.1) is 0 Å². The fourth-order valence-electron chi connectivity index (χ4n) is 1.72. The summed E-state index contributed by atoms with van der Waals surface area (Å²) >= 11 is 0. The predicted molar refractivity (Wildman–Crippen MR) is 82.2 cm³/mol. The highest BCUT2D eigenvalue weighted by Gasteiger charge is 2.00. The Morgan fingerprint density at radius 2 is 2.00 bits per heavy atom. The fourth-order valence-corrected chi connectivity index (χ4v) is 1.72. The van der Waals surface area contributed by atoms with Crippen molar-refractivity contribution < 1.29 is 0 Å². The Bertz CT molecular complexity index is 375. The molecule has 0 bridgehead atoms. The number of para-hydroxylation sites is 1. The third-order valence-electron chi connectivity index (χ3n) is 2.68. The molecule has 0 fully saturated rings. The van der Waals surface area contributed by atoms with Gasteiger partial charge in [0.1, 0.15) is 0 Å². The summed E-state index contributed by atoms with van der Waals surface area (Å²) in [5.74, 6) is 6.05. The summed E-state index contributed by atoms with van der Waals surface area (Å²) in [6, 6.07) is 10.7. The molecule has 1 rings (SSSR count). The van der Waals surface area contributed by atoms with Gasteiger partial charge < -0.3 is 10.2 Å². The molecule has 1 aromatic rings. The monoisotopic (exact) mass is 263 g/mol. The maximum atomic E-state index is 5.40. The van der Waals surface area contributed by atoms with Crippen molar-refractivity contribution in [3.05, 3.63) is 30.3 Å². The lowest BCUT2D eigenvalue weighted by Crippen LogP contribution is -2.44. The number of nitrogens with two attached hydrogens (primary N) is 1. The van der Waals surface area contributed by atoms with Crippen LogP contribution in [-0.2, 0) is 0 Å². The largest absolute Gasteiger partial charge is 0.375 e. The van der Waals surface area contributed by atoms with E-state index in [1.807, 2.05) is 18.2 Å². The summed E-state index contributed by atoms with van der Waals surface area (Å²) in [6.07, 6.45) is 0.982. The molecule has 0 amide bonds. The zero-order chi connectivity index (χ0) is 14.1. The Kier molecular flexibility index (Phi) is 6.74. The molecule has 0 heterocycles. The van der Waals surface area contributed by atoms with Crippen LogP contribution in [0.3, 0.4) is 0 Å². The molecule has 106 valence electrons. The first kappa shape index (κ1) is 15.3. The molecule has 0 aliphatic rings. The first-order valence-corrected chi connectivity index (χ1v) is 6.67. The summed E-state index contributed by atoms with van der Waals surface area (Å²) in [7, 11) is 2.09. The van der Waals surface area contributed by atoms with Crippen LogP contribution < -0.4 is 21.5 Å². The molecule has 0 saturated carbocycles. The van der Waals surface area contributed by atoms with Crippen LogP contribution in [-0.4, -0.2) is 32.1 Å². The predicted octanol–water partition coefficient (Wildman–Crippen LogP) is 1.33. The number of anilines is 1. The maximum absolute atomic E-state index is 5.40. The molecule has 0 aliphatic carbocycles. The second kappa shape index (κ2) is 8.37. The zero-order valence-corrected chi connectivity index (χ0v) is 12.1. The highest BCUT2D eigenvalue weighted by molar-refractivity contribution is 5.79. The quantitative estimate of drug-likeness (QED) is 0.238. The number of hydrogen-bond acceptors (Lipinski definition) is 3. The normalized spacial score (nSPS) is 11.5. The van der Waals surface area contributed by atoms with Gasteiger partial charge in [0.2, 0.25) is 5.96 Å². The van der Waals surface area contributed by atoms with Gasteiger partial charge in [-0.25, -0.2) is 5.84 Å². The smallest absolute Gasteiger partial charge is 0.205 e. The van der Waals surface area contributed by atoms with Gasteiger partial charge in [-0.3, -0.25) is 10.4 Å². The summed E-state index contributed by atoms with van der Waals surface area (Å²) in [5.41, 5.74) is 3.80. The van der Waals surface area contributed by atoms with Gasteiger partial charge >= 0.3 is 0 Å². The van der Waals surface area contributed by atoms with Crippen LogP contribution >= 0.6 is 0 Å². The molecule has 4 N–H and O–H groups in total. The minimum Gasteiger partial charge on any atom is -0.375 e. The summed E-state index contributed by atoms with van der Waals surface area (Å²) < 4.78 is 0. The van der Waals surface area contributed by atoms with E-state index >= 15 is 0 Å². The van der Waals surface area contributed by atoms with E-state index in [9.17, 15) is 0 Å². The minimum absolute atomic E-state index is 0.321. The average molecular weight is 263 g/mol. The van der Waals surface area contributed by atoms with E-state index in [0.717, 1.165) is 19.5 Å². The van der Waals surface area contributed by atoms with E-state index in [-0.39, 0.29) is 0 Å². The van der Waals surface area contributed by atoms with Crippen LogP contribution in [0.15, 0.2) is 35.3 Å². The third kappa shape index (κ3) is 6.10. The van der Waals surface area contributed by atoms with E-state index < -0.39 is 0 Å². The molecular weight excluding hydrogens is 238 g/mol. The highest BCUT2D eigenvalue weighted by atomic mass is 15.3. The van der Waals surface area contributed by atoms with E-state index in [2.05, 4.69) is 53.7 Å². The van der Waals surface area contributed by atoms with Crippen molar-refractivity contribution >= 4 is 11.6 Å². The van der Waals surface area contributed by atoms with Gasteiger partial charge in [-0.05, 0) is 32.4 Å². The van der Waals surface area contributed by atoms with Crippen molar-refractivity contribution in [3.63, 3.8) is 0 Å². The van der Waals surface area contributed by atoms with Crippen molar-refractivity contribution in [2.75, 3.05) is 25.0 Å². The van der Waals surface area contributed by atoms with E-state index in [0.29, 0.717) is 12.0 Å². The Morgan fingerprint density at radius 1 is 1.32 bits per heavy atom. The molecule has 0 aromatic heterocycles. The van der Waals surface area contributed by atoms with Gasteiger partial charge in [-0.1, -0.05) is 18.2 Å². The van der Waals surface area contributed by atoms with E-state index in [1.54, 1.807) is 0 Å². The Labute approximate surface area is 115 Å². The van der Waals surface area contributed by atoms with E-state index in [1.165, 1.54) is 5.69 Å². The lowest BCUT2D eigenvalue weighted by Gasteiger charge is -2.18. The standard InChI is InChI=1S/C14H25N5/c1-12(2)17-14(18-15)16-10-7-11-19(3)13-8-5-4-6-9-13/h4-6,8-9,12H,7,10-11,15H2,1-3H3,(H2,16,17,18). The number of nitrogens with one attached hydrogen (secondary N) is 2. The van der Waals surface area contributed by atoms with Gasteiger partial charge in [0.05, 0.1) is 0 Å². The second-order valence-corrected chi connectivity index (χ2v) is 4.78. The minimum atomic E-state index is 0.321. The average Bonchev–Trinajstić information content (AvgIpc) is 2.42. The fraction of sp³-hybridized carbons (Fsp3) is 0.500. The topological polar surface area (TPSA) is 65.7 Å². The van der Waals surface area contributed by atoms with Gasteiger partial charge in [-0.2, -0.15) is 0 Å². The number of benzene rings is 1. The molecule has 0 aliphatic heterocycles. The lowest BCUT2D eigenvalue weighted by molar-refractivity contribution is 0.697. The Hall–Kier alpha value is -1.75. The number of aliphatic imine (C=N–C) groups is 1. The third-order valence-corrected chi connectivity index (χ3v) is 2.68. The zero-order valence-electron chi connectivity index (χ0n) is 12.1. The molecule has 0 radical (unpaired) electrons. The Morgan fingerprint density at radius 3 is 2.58 bits per heavy atom. The SMILES string of the molecule is CC(C)NC(=NCCCN(C)c1ccccc1)NN. The molecule has 0 saturated heterocycles. The molecule has 0 unspecified atom stereocenters. The van der Waals surface area contributed by atoms with Crippen molar-refractivity contribution in [1.82, 2.24) is 10.7 Å². The maximum Gasteiger partial charge on any atom is 0.205 e. The van der Waals surface area contributed by atoms with Crippen molar-refractivity contribution in [3.8, 4) is 0 Å². The van der Waals surface area contributed by atoms with Crippen molar-refractivity contribution in [1.29, 1.82) is 0 Å². The molecule has 5 heteroatoms. The molecule has 0 spiro atoms. The number of hydrazine groups is 1. The summed E-state index contributed by atoms with van der Waals surface area (Å²) in [5, 5.41) is 3.15. The molecule has 0 atom stereocenters. The van der Waals surface area contributed by atoms with Crippen molar-refractivity contribution in [2.45, 2.75) is 26.3 Å². The van der Waals surface area contributed by atoms with Crippen LogP contribution in [0.4, 0.5) is 5.69 Å². The van der Waals surface area contributed by atoms with Crippen LogP contribution in [0.2, 0.25) is 0 Å². The second-order valence-electron chi connectivity index (χ2n) is 4.78. The van der Waals surface area contributed by atoms with Gasteiger partial charge in [0.15, 0.2) is 0 Å². The van der Waals surface area contributed by atoms with Gasteiger partial charge in [-0.15, -0.1) is 0 Å². The first-order valence-electron chi connectivity index (χ1n) is 6.67. The lowest BCUT2D eigenvalue weighted by atomic mass is 10.3. The number of nitrogens with zero attached hydrogens (tertiary/aromatic N) is 2. The van der Waals surface area contributed by atoms with E-state index in [4.69, 9.17) is 5.84 Å². The van der Waals surface area contributed by atoms with Crippen LogP contribution in [0.5, 0.6) is 0 Å². The molecular formula is C14H25N5. The van der Waals surface area contributed by atoms with Gasteiger partial charge in [0.25, 0.3) is 0 Å².